The first-order valence-corrected chi connectivity index (χ1v) is 3.71. The fourth-order valence-corrected chi connectivity index (χ4v) is 1.31. The second kappa shape index (κ2) is 4.03. The fourth-order valence-electron chi connectivity index (χ4n) is 1.31. The predicted molar refractivity (Wildman–Crippen MR) is 42.0 cm³/mol. The van der Waals surface area contributed by atoms with Crippen molar-refractivity contribution < 1.29 is 9.53 Å². The van der Waals surface area contributed by atoms with Gasteiger partial charge in [-0.3, -0.25) is 0 Å². The highest BCUT2D eigenvalue weighted by Gasteiger charge is 2.30. The van der Waals surface area contributed by atoms with E-state index in [2.05, 4.69) is 5.32 Å². The van der Waals surface area contributed by atoms with E-state index in [-0.39, 0.29) is 12.1 Å². The molecule has 1 fully saturated rings. The van der Waals surface area contributed by atoms with E-state index < -0.39 is 0 Å². The van der Waals surface area contributed by atoms with Crippen molar-refractivity contribution >= 4 is 5.94 Å². The van der Waals surface area contributed by atoms with Crippen LogP contribution in [0, 0.1) is 11.3 Å². The SMILES string of the molecule is COC1CNC(CC#N)C1=C=O. The van der Waals surface area contributed by atoms with Crippen LogP contribution in [0.1, 0.15) is 6.42 Å². The van der Waals surface area contributed by atoms with E-state index in [0.29, 0.717) is 18.5 Å². The maximum atomic E-state index is 10.5. The molecule has 1 aliphatic rings. The van der Waals surface area contributed by atoms with Gasteiger partial charge >= 0.3 is 0 Å². The highest BCUT2D eigenvalue weighted by molar-refractivity contribution is 5.58. The first-order valence-electron chi connectivity index (χ1n) is 3.71. The summed E-state index contributed by atoms with van der Waals surface area (Å²) < 4.78 is 5.02. The Balaban J connectivity index is 2.71. The maximum Gasteiger partial charge on any atom is 0.128 e. The number of carbonyl (C=O) groups excluding carboxylic acids is 1. The summed E-state index contributed by atoms with van der Waals surface area (Å²) in [7, 11) is 1.54. The van der Waals surface area contributed by atoms with Crippen molar-refractivity contribution in [2.75, 3.05) is 13.7 Å². The molecule has 1 rings (SSSR count). The van der Waals surface area contributed by atoms with E-state index >= 15 is 0 Å². The zero-order valence-corrected chi connectivity index (χ0v) is 6.83. The van der Waals surface area contributed by atoms with Gasteiger partial charge in [-0.15, -0.1) is 0 Å². The number of methoxy groups -OCH3 is 1. The summed E-state index contributed by atoms with van der Waals surface area (Å²) in [6, 6.07) is 1.83. The first kappa shape index (κ1) is 8.95. The van der Waals surface area contributed by atoms with Gasteiger partial charge in [-0.1, -0.05) is 0 Å². The standard InChI is InChI=1S/C8H10N2O2/c1-12-8-4-10-7(2-3-9)6(8)5-11/h7-8,10H,2,4H2,1H3. The first-order chi connectivity index (χ1) is 5.83. The molecule has 0 aliphatic carbocycles. The molecule has 1 saturated heterocycles. The van der Waals surface area contributed by atoms with Crippen molar-refractivity contribution in [2.45, 2.75) is 18.6 Å². The molecule has 0 radical (unpaired) electrons. The molecule has 1 N–H and O–H groups in total. The fraction of sp³-hybridized carbons (Fsp3) is 0.625. The van der Waals surface area contributed by atoms with Crippen LogP contribution < -0.4 is 5.32 Å². The Morgan fingerprint density at radius 3 is 3.08 bits per heavy atom. The molecule has 2 unspecified atom stereocenters. The van der Waals surface area contributed by atoms with E-state index in [1.165, 1.54) is 0 Å². The number of nitrogens with one attached hydrogen (secondary N) is 1. The normalized spacial score (nSPS) is 28.2. The van der Waals surface area contributed by atoms with E-state index in [0.717, 1.165) is 0 Å². The van der Waals surface area contributed by atoms with Crippen LogP contribution in [0.15, 0.2) is 5.57 Å². The molecular weight excluding hydrogens is 156 g/mol. The van der Waals surface area contributed by atoms with E-state index in [1.54, 1.807) is 7.11 Å². The van der Waals surface area contributed by atoms with Gasteiger partial charge in [0.1, 0.15) is 12.0 Å². The predicted octanol–water partition coefficient (Wildman–Crippen LogP) is -0.355. The average Bonchev–Trinajstić information content (AvgIpc) is 2.47. The van der Waals surface area contributed by atoms with Gasteiger partial charge in [-0.05, 0) is 0 Å². The quantitative estimate of drug-likeness (QED) is 0.569. The van der Waals surface area contributed by atoms with Crippen molar-refractivity contribution in [1.82, 2.24) is 5.32 Å². The van der Waals surface area contributed by atoms with Gasteiger partial charge in [0, 0.05) is 13.7 Å². The third kappa shape index (κ3) is 1.54. The summed E-state index contributed by atoms with van der Waals surface area (Å²) in [6.45, 7) is 0.591. The lowest BCUT2D eigenvalue weighted by Crippen LogP contribution is -2.21. The number of nitrogens with zero attached hydrogens (tertiary/aromatic N) is 1. The Labute approximate surface area is 70.8 Å². The Bertz CT molecular complexity index is 250. The summed E-state index contributed by atoms with van der Waals surface area (Å²) in [4.78, 5) is 10.5. The molecule has 4 nitrogen and oxygen atoms in total. The van der Waals surface area contributed by atoms with Crippen LogP contribution in [0.25, 0.3) is 0 Å². The molecule has 1 heterocycles. The number of rotatable bonds is 2. The van der Waals surface area contributed by atoms with Crippen molar-refractivity contribution in [1.29, 1.82) is 5.26 Å². The third-order valence-electron chi connectivity index (χ3n) is 1.97. The van der Waals surface area contributed by atoms with Gasteiger partial charge in [0.15, 0.2) is 0 Å². The van der Waals surface area contributed by atoms with Gasteiger partial charge in [0.25, 0.3) is 0 Å². The molecule has 4 heteroatoms. The Morgan fingerprint density at radius 2 is 2.58 bits per heavy atom. The molecule has 64 valence electrons. The van der Waals surface area contributed by atoms with Crippen LogP contribution in [0.4, 0.5) is 0 Å². The largest absolute Gasteiger partial charge is 0.375 e. The molecule has 0 aromatic carbocycles. The van der Waals surface area contributed by atoms with Crippen molar-refractivity contribution in [3.8, 4) is 6.07 Å². The Kier molecular flexibility index (Phi) is 3.01. The van der Waals surface area contributed by atoms with Crippen molar-refractivity contribution in [3.63, 3.8) is 0 Å². The molecule has 0 bridgehead atoms. The molecule has 0 aromatic rings. The van der Waals surface area contributed by atoms with E-state index in [1.807, 2.05) is 12.0 Å². The zero-order chi connectivity index (χ0) is 8.97. The highest BCUT2D eigenvalue weighted by Crippen LogP contribution is 2.16. The van der Waals surface area contributed by atoms with Crippen LogP contribution in [-0.2, 0) is 9.53 Å². The third-order valence-corrected chi connectivity index (χ3v) is 1.97. The minimum absolute atomic E-state index is 0.169. The maximum absolute atomic E-state index is 10.5. The number of ether oxygens (including phenoxy) is 1. The summed E-state index contributed by atoms with van der Waals surface area (Å²) in [5, 5.41) is 11.4. The van der Waals surface area contributed by atoms with Gasteiger partial charge in [-0.2, -0.15) is 5.26 Å². The number of nitriles is 1. The van der Waals surface area contributed by atoms with Crippen LogP contribution in [0.5, 0.6) is 0 Å². The number of hydrogen-bond donors (Lipinski definition) is 1. The zero-order valence-electron chi connectivity index (χ0n) is 6.83. The van der Waals surface area contributed by atoms with Gasteiger partial charge < -0.3 is 10.1 Å². The van der Waals surface area contributed by atoms with E-state index in [9.17, 15) is 4.79 Å². The van der Waals surface area contributed by atoms with Gasteiger partial charge in [0.05, 0.1) is 24.1 Å². The summed E-state index contributed by atoms with van der Waals surface area (Å²) in [5.74, 6) is 1.83. The monoisotopic (exact) mass is 166 g/mol. The Morgan fingerprint density at radius 1 is 1.83 bits per heavy atom. The molecule has 0 saturated carbocycles. The smallest absolute Gasteiger partial charge is 0.128 e. The van der Waals surface area contributed by atoms with Crippen LogP contribution >= 0.6 is 0 Å². The lowest BCUT2D eigenvalue weighted by molar-refractivity contribution is 0.146. The molecule has 1 aliphatic heterocycles. The summed E-state index contributed by atoms with van der Waals surface area (Å²) in [6.07, 6.45) is 0.0885. The molecule has 2 atom stereocenters. The Hall–Kier alpha value is -1.14. The lowest BCUT2D eigenvalue weighted by Gasteiger charge is -2.06. The van der Waals surface area contributed by atoms with Crippen LogP contribution in [-0.4, -0.2) is 31.7 Å². The minimum Gasteiger partial charge on any atom is -0.375 e. The van der Waals surface area contributed by atoms with Gasteiger partial charge in [0.2, 0.25) is 0 Å². The molecule has 12 heavy (non-hydrogen) atoms. The van der Waals surface area contributed by atoms with Crippen LogP contribution in [0.3, 0.4) is 0 Å². The lowest BCUT2D eigenvalue weighted by atomic mass is 10.1. The van der Waals surface area contributed by atoms with Crippen molar-refractivity contribution in [2.24, 2.45) is 0 Å². The second-order valence-electron chi connectivity index (χ2n) is 2.60. The molecular formula is C8H10N2O2. The van der Waals surface area contributed by atoms with Gasteiger partial charge in [-0.25, -0.2) is 4.79 Å². The molecule has 0 aromatic heterocycles. The minimum atomic E-state index is -0.208. The molecule has 0 spiro atoms. The molecule has 0 amide bonds. The topological polar surface area (TPSA) is 62.1 Å². The summed E-state index contributed by atoms with van der Waals surface area (Å²) in [5.41, 5.74) is 0.527. The second-order valence-corrected chi connectivity index (χ2v) is 2.60. The average molecular weight is 166 g/mol. The number of hydrogen-bond acceptors (Lipinski definition) is 4. The highest BCUT2D eigenvalue weighted by atomic mass is 16.5. The van der Waals surface area contributed by atoms with Crippen molar-refractivity contribution in [3.05, 3.63) is 5.57 Å². The summed E-state index contributed by atoms with van der Waals surface area (Å²) >= 11 is 0. The van der Waals surface area contributed by atoms with E-state index in [4.69, 9.17) is 10.00 Å². The van der Waals surface area contributed by atoms with Crippen LogP contribution in [0.2, 0.25) is 0 Å².